The molecule has 1 saturated heterocycles. The van der Waals surface area contributed by atoms with Crippen LogP contribution in [0.25, 0.3) is 0 Å². The van der Waals surface area contributed by atoms with Crippen LogP contribution in [0.2, 0.25) is 18.1 Å². The van der Waals surface area contributed by atoms with Crippen LogP contribution in [0.3, 0.4) is 0 Å². The highest BCUT2D eigenvalue weighted by molar-refractivity contribution is 6.74. The predicted octanol–water partition coefficient (Wildman–Crippen LogP) is 4.93. The first-order chi connectivity index (χ1) is 14.5. The van der Waals surface area contributed by atoms with Crippen LogP contribution < -0.4 is 5.32 Å². The number of likely N-dealkylation sites (tertiary alicyclic amines) is 1. The van der Waals surface area contributed by atoms with Gasteiger partial charge in [0.2, 0.25) is 0 Å². The van der Waals surface area contributed by atoms with Crippen molar-refractivity contribution in [3.05, 3.63) is 29.1 Å². The number of nitrogens with zero attached hydrogens (tertiary/aromatic N) is 2. The Balaban J connectivity index is 2.34. The second-order valence-electron chi connectivity index (χ2n) is 9.52. The minimum absolute atomic E-state index is 0.0152. The second-order valence-corrected chi connectivity index (χ2v) is 14.3. The lowest BCUT2D eigenvalue weighted by Gasteiger charge is -2.41. The van der Waals surface area contributed by atoms with Crippen LogP contribution in [0.5, 0.6) is 0 Å². The van der Waals surface area contributed by atoms with Gasteiger partial charge in [-0.2, -0.15) is 18.4 Å². The highest BCUT2D eigenvalue weighted by Gasteiger charge is 2.54. The third-order valence-electron chi connectivity index (χ3n) is 6.32. The van der Waals surface area contributed by atoms with Gasteiger partial charge in [-0.15, -0.1) is 0 Å². The number of aliphatic hydroxyl groups excluding tert-OH is 1. The predicted molar refractivity (Wildman–Crippen MR) is 114 cm³/mol. The smallest absolute Gasteiger partial charge is 0.412 e. The van der Waals surface area contributed by atoms with Crippen LogP contribution in [0.1, 0.15) is 38.3 Å². The standard InChI is InChI=1S/C21H29F4N3O3Si/c1-12-14(8-7-13(11-26)16(12)22)27-19(30)28-10-9-15(17(28)18(29)21(23,24)25)31-32(5,6)20(2,3)4/h7-8,15,17-18,29H,9-10H2,1-6H3,(H,27,30)/t15-,17+,18-/m1/s1. The molecule has 1 aromatic carbocycles. The van der Waals surface area contributed by atoms with Crippen LogP contribution in [-0.2, 0) is 4.43 Å². The zero-order valence-corrected chi connectivity index (χ0v) is 20.0. The Hall–Kier alpha value is -2.16. The third kappa shape index (κ3) is 5.24. The van der Waals surface area contributed by atoms with Crippen molar-refractivity contribution >= 4 is 20.0 Å². The van der Waals surface area contributed by atoms with Gasteiger partial charge in [-0.1, -0.05) is 20.8 Å². The summed E-state index contributed by atoms with van der Waals surface area (Å²) < 4.78 is 60.8. The number of anilines is 1. The average molecular weight is 476 g/mol. The van der Waals surface area contributed by atoms with Crippen molar-refractivity contribution in [2.24, 2.45) is 0 Å². The van der Waals surface area contributed by atoms with Gasteiger partial charge in [0.1, 0.15) is 11.9 Å². The first-order valence-electron chi connectivity index (χ1n) is 10.2. The maximum Gasteiger partial charge on any atom is 0.416 e. The number of halogens is 4. The van der Waals surface area contributed by atoms with E-state index in [-0.39, 0.29) is 34.8 Å². The summed E-state index contributed by atoms with van der Waals surface area (Å²) in [6.07, 6.45) is -8.64. The number of nitrogens with one attached hydrogen (secondary N) is 1. The Morgan fingerprint density at radius 1 is 1.34 bits per heavy atom. The van der Waals surface area contributed by atoms with E-state index in [0.717, 1.165) is 4.90 Å². The van der Waals surface area contributed by atoms with Gasteiger partial charge < -0.3 is 19.7 Å². The van der Waals surface area contributed by atoms with Crippen molar-refractivity contribution in [3.63, 3.8) is 0 Å². The first-order valence-corrected chi connectivity index (χ1v) is 13.1. The van der Waals surface area contributed by atoms with Gasteiger partial charge in [-0.05, 0) is 43.6 Å². The summed E-state index contributed by atoms with van der Waals surface area (Å²) in [7, 11) is -2.50. The van der Waals surface area contributed by atoms with Gasteiger partial charge in [-0.3, -0.25) is 0 Å². The molecule has 1 fully saturated rings. The fraction of sp³-hybridized carbons (Fsp3) is 0.619. The van der Waals surface area contributed by atoms with Crippen molar-refractivity contribution in [2.75, 3.05) is 11.9 Å². The number of rotatable bonds is 4. The van der Waals surface area contributed by atoms with E-state index in [2.05, 4.69) is 5.32 Å². The Bertz CT molecular complexity index is 909. The second kappa shape index (κ2) is 9.00. The SMILES string of the molecule is Cc1c(NC(=O)N2CC[C@@H](O[Si](C)(C)C(C)(C)C)[C@H]2[C@@H](O)C(F)(F)F)ccc(C#N)c1F. The molecule has 2 rings (SSSR count). The molecular weight excluding hydrogens is 446 g/mol. The van der Waals surface area contributed by atoms with Crippen LogP contribution in [-0.4, -0.2) is 55.3 Å². The number of alkyl halides is 3. The zero-order chi connectivity index (χ0) is 24.6. The van der Waals surface area contributed by atoms with Gasteiger partial charge in [0.05, 0.1) is 17.7 Å². The topological polar surface area (TPSA) is 85.6 Å². The number of hydrogen-bond acceptors (Lipinski definition) is 4. The summed E-state index contributed by atoms with van der Waals surface area (Å²) in [5, 5.41) is 21.1. The van der Waals surface area contributed by atoms with Crippen LogP contribution in [0.15, 0.2) is 12.1 Å². The van der Waals surface area contributed by atoms with E-state index < -0.39 is 44.6 Å². The van der Waals surface area contributed by atoms with E-state index in [1.807, 2.05) is 33.9 Å². The number of amides is 2. The van der Waals surface area contributed by atoms with Crippen molar-refractivity contribution in [1.29, 1.82) is 5.26 Å². The van der Waals surface area contributed by atoms with E-state index in [4.69, 9.17) is 9.69 Å². The molecule has 1 aliphatic heterocycles. The summed E-state index contributed by atoms with van der Waals surface area (Å²) in [5.41, 5.74) is -0.200. The maximum atomic E-state index is 14.2. The molecule has 2 N–H and O–H groups in total. The van der Waals surface area contributed by atoms with E-state index in [1.165, 1.54) is 19.1 Å². The molecule has 3 atom stereocenters. The minimum Gasteiger partial charge on any atom is -0.412 e. The Morgan fingerprint density at radius 2 is 1.94 bits per heavy atom. The van der Waals surface area contributed by atoms with E-state index in [0.29, 0.717) is 0 Å². The molecule has 32 heavy (non-hydrogen) atoms. The summed E-state index contributed by atoms with van der Waals surface area (Å²) in [6, 6.07) is 1.61. The summed E-state index contributed by atoms with van der Waals surface area (Å²) in [6.45, 7) is 10.9. The summed E-state index contributed by atoms with van der Waals surface area (Å²) in [4.78, 5) is 13.8. The third-order valence-corrected chi connectivity index (χ3v) is 10.8. The lowest BCUT2D eigenvalue weighted by Crippen LogP contribution is -2.57. The fourth-order valence-electron chi connectivity index (χ4n) is 3.37. The number of nitriles is 1. The van der Waals surface area contributed by atoms with Crippen molar-refractivity contribution in [2.45, 2.75) is 76.7 Å². The Kier molecular flexibility index (Phi) is 7.34. The maximum absolute atomic E-state index is 14.2. The minimum atomic E-state index is -4.96. The molecule has 0 saturated carbocycles. The number of aliphatic hydroxyl groups is 1. The largest absolute Gasteiger partial charge is 0.416 e. The van der Waals surface area contributed by atoms with Crippen molar-refractivity contribution in [3.8, 4) is 6.07 Å². The van der Waals surface area contributed by atoms with Crippen LogP contribution in [0, 0.1) is 24.1 Å². The van der Waals surface area contributed by atoms with E-state index in [9.17, 15) is 27.5 Å². The van der Waals surface area contributed by atoms with Crippen LogP contribution >= 0.6 is 0 Å². The highest BCUT2D eigenvalue weighted by atomic mass is 28.4. The molecule has 2 amide bonds. The lowest BCUT2D eigenvalue weighted by atomic mass is 10.1. The molecule has 1 heterocycles. The molecule has 11 heteroatoms. The summed E-state index contributed by atoms with van der Waals surface area (Å²) >= 11 is 0. The summed E-state index contributed by atoms with van der Waals surface area (Å²) in [5.74, 6) is -0.822. The van der Waals surface area contributed by atoms with Crippen molar-refractivity contribution in [1.82, 2.24) is 4.90 Å². The number of urea groups is 1. The number of carbonyl (C=O) groups is 1. The number of hydrogen-bond donors (Lipinski definition) is 2. The molecule has 0 bridgehead atoms. The van der Waals surface area contributed by atoms with Gasteiger partial charge in [0.25, 0.3) is 0 Å². The normalized spacial score (nSPS) is 20.8. The molecule has 0 radical (unpaired) electrons. The number of benzene rings is 1. The van der Waals surface area contributed by atoms with Crippen molar-refractivity contribution < 1.29 is 31.9 Å². The molecule has 0 aliphatic carbocycles. The van der Waals surface area contributed by atoms with Gasteiger partial charge in [0.15, 0.2) is 14.4 Å². The highest BCUT2D eigenvalue weighted by Crippen LogP contribution is 2.41. The van der Waals surface area contributed by atoms with Gasteiger partial charge in [-0.25, -0.2) is 9.18 Å². The molecule has 0 unspecified atom stereocenters. The number of carbonyl (C=O) groups excluding carboxylic acids is 1. The van der Waals surface area contributed by atoms with Gasteiger partial charge in [0, 0.05) is 17.8 Å². The average Bonchev–Trinajstić information content (AvgIpc) is 3.06. The quantitative estimate of drug-likeness (QED) is 0.478. The first kappa shape index (κ1) is 26.1. The molecular formula is C21H29F4N3O3Si. The van der Waals surface area contributed by atoms with Gasteiger partial charge >= 0.3 is 12.2 Å². The molecule has 1 aromatic rings. The Morgan fingerprint density at radius 3 is 2.44 bits per heavy atom. The molecule has 0 aromatic heterocycles. The van der Waals surface area contributed by atoms with E-state index >= 15 is 0 Å². The monoisotopic (exact) mass is 475 g/mol. The lowest BCUT2D eigenvalue weighted by molar-refractivity contribution is -0.222. The zero-order valence-electron chi connectivity index (χ0n) is 19.0. The molecule has 1 aliphatic rings. The van der Waals surface area contributed by atoms with Crippen LogP contribution in [0.4, 0.5) is 28.0 Å². The molecule has 178 valence electrons. The fourth-order valence-corrected chi connectivity index (χ4v) is 4.74. The molecule has 6 nitrogen and oxygen atoms in total. The molecule has 0 spiro atoms. The van der Waals surface area contributed by atoms with E-state index in [1.54, 1.807) is 6.07 Å². The Labute approximate surface area is 186 Å².